The Balaban J connectivity index is 1.36. The van der Waals surface area contributed by atoms with Gasteiger partial charge in [-0.3, -0.25) is 9.20 Å². The molecule has 2 aromatic carbocycles. The van der Waals surface area contributed by atoms with Crippen molar-refractivity contribution in [2.75, 3.05) is 11.1 Å². The Hall–Kier alpha value is -3.87. The van der Waals surface area contributed by atoms with Crippen molar-refractivity contribution in [3.05, 3.63) is 77.6 Å². The summed E-state index contributed by atoms with van der Waals surface area (Å²) in [5.41, 5.74) is 4.26. The number of carbonyl (C=O) groups excluding carboxylic acids is 1. The van der Waals surface area contributed by atoms with Crippen LogP contribution in [0.2, 0.25) is 5.02 Å². The predicted molar refractivity (Wildman–Crippen MR) is 123 cm³/mol. The van der Waals surface area contributed by atoms with E-state index in [1.807, 2.05) is 47.1 Å². The van der Waals surface area contributed by atoms with E-state index in [2.05, 4.69) is 26.7 Å². The van der Waals surface area contributed by atoms with Crippen LogP contribution in [0, 0.1) is 11.3 Å². The molecule has 0 radical (unpaired) electrons. The molecule has 0 spiro atoms. The summed E-state index contributed by atoms with van der Waals surface area (Å²) < 4.78 is 3.58. The molecule has 1 N–H and O–H groups in total. The summed E-state index contributed by atoms with van der Waals surface area (Å²) in [6.07, 6.45) is 3.64. The van der Waals surface area contributed by atoms with Crippen molar-refractivity contribution in [2.24, 2.45) is 0 Å². The van der Waals surface area contributed by atoms with E-state index < -0.39 is 0 Å². The number of hydrogen-bond acceptors (Lipinski definition) is 6. The maximum Gasteiger partial charge on any atom is 0.234 e. The number of carbonyl (C=O) groups is 1. The van der Waals surface area contributed by atoms with Gasteiger partial charge in [-0.1, -0.05) is 41.6 Å². The van der Waals surface area contributed by atoms with Crippen molar-refractivity contribution in [1.82, 2.24) is 24.2 Å². The Morgan fingerprint density at radius 2 is 1.97 bits per heavy atom. The highest BCUT2D eigenvalue weighted by Crippen LogP contribution is 2.25. The van der Waals surface area contributed by atoms with Crippen LogP contribution in [0.3, 0.4) is 0 Å². The van der Waals surface area contributed by atoms with Gasteiger partial charge in [0, 0.05) is 28.7 Å². The number of halogens is 1. The molecule has 32 heavy (non-hydrogen) atoms. The van der Waals surface area contributed by atoms with E-state index >= 15 is 0 Å². The van der Waals surface area contributed by atoms with E-state index in [0.29, 0.717) is 27.1 Å². The van der Waals surface area contributed by atoms with Crippen LogP contribution >= 0.6 is 23.4 Å². The summed E-state index contributed by atoms with van der Waals surface area (Å²) in [5.74, 6) is -0.0461. The lowest BCUT2D eigenvalue weighted by molar-refractivity contribution is -0.113. The Labute approximate surface area is 191 Å². The fraction of sp³-hybridized carbons (Fsp3) is 0.0455. The maximum absolute atomic E-state index is 12.3. The first-order valence-corrected chi connectivity index (χ1v) is 10.9. The third-order valence-corrected chi connectivity index (χ3v) is 5.93. The molecule has 0 atom stereocenters. The molecule has 0 aliphatic heterocycles. The van der Waals surface area contributed by atoms with E-state index in [9.17, 15) is 4.79 Å². The Kier molecular flexibility index (Phi) is 5.23. The second-order valence-electron chi connectivity index (χ2n) is 6.87. The topological polar surface area (TPSA) is 100 Å². The lowest BCUT2D eigenvalue weighted by Crippen LogP contribution is -2.14. The molecule has 5 rings (SSSR count). The fourth-order valence-corrected chi connectivity index (χ4v) is 4.09. The summed E-state index contributed by atoms with van der Waals surface area (Å²) in [6, 6.07) is 18.2. The molecule has 0 saturated heterocycles. The summed E-state index contributed by atoms with van der Waals surface area (Å²) in [4.78, 5) is 12.3. The third kappa shape index (κ3) is 3.89. The van der Waals surface area contributed by atoms with Crippen LogP contribution in [0.4, 0.5) is 5.69 Å². The quantitative estimate of drug-likeness (QED) is 0.393. The van der Waals surface area contributed by atoms with Crippen molar-refractivity contribution < 1.29 is 4.79 Å². The molecule has 0 fully saturated rings. The first-order chi connectivity index (χ1) is 15.6. The van der Waals surface area contributed by atoms with Crippen LogP contribution in [0.5, 0.6) is 0 Å². The van der Waals surface area contributed by atoms with E-state index in [-0.39, 0.29) is 11.7 Å². The minimum absolute atomic E-state index is 0.151. The highest BCUT2D eigenvalue weighted by Gasteiger charge is 2.14. The minimum atomic E-state index is -0.197. The average molecular weight is 460 g/mol. The lowest BCUT2D eigenvalue weighted by atomic mass is 10.1. The van der Waals surface area contributed by atoms with Gasteiger partial charge in [0.05, 0.1) is 23.1 Å². The summed E-state index contributed by atoms with van der Waals surface area (Å²) in [7, 11) is 0. The smallest absolute Gasteiger partial charge is 0.234 e. The molecule has 5 aromatic rings. The molecule has 8 nitrogen and oxygen atoms in total. The van der Waals surface area contributed by atoms with Crippen LogP contribution in [0.25, 0.3) is 22.4 Å². The van der Waals surface area contributed by atoms with Crippen molar-refractivity contribution in [3.63, 3.8) is 0 Å². The Morgan fingerprint density at radius 1 is 1.12 bits per heavy atom. The number of rotatable bonds is 5. The lowest BCUT2D eigenvalue weighted by Gasteiger charge is -2.05. The number of fused-ring (bicyclic) bond motifs is 3. The fourth-order valence-electron chi connectivity index (χ4n) is 3.24. The van der Waals surface area contributed by atoms with Gasteiger partial charge in [-0.2, -0.15) is 10.4 Å². The monoisotopic (exact) mass is 459 g/mol. The second kappa shape index (κ2) is 8.34. The number of benzene rings is 2. The van der Waals surface area contributed by atoms with Gasteiger partial charge >= 0.3 is 0 Å². The average Bonchev–Trinajstić information content (AvgIpc) is 3.42. The zero-order valence-corrected chi connectivity index (χ0v) is 18.0. The Bertz CT molecular complexity index is 1500. The number of thioether (sulfide) groups is 1. The predicted octanol–water partition coefficient (Wildman–Crippen LogP) is 4.30. The van der Waals surface area contributed by atoms with Gasteiger partial charge in [-0.05, 0) is 36.4 Å². The molecule has 3 aromatic heterocycles. The number of nitriles is 1. The Morgan fingerprint density at radius 3 is 2.78 bits per heavy atom. The van der Waals surface area contributed by atoms with Crippen molar-refractivity contribution in [1.29, 1.82) is 5.26 Å². The molecule has 10 heteroatoms. The summed E-state index contributed by atoms with van der Waals surface area (Å²) in [6.45, 7) is 0. The van der Waals surface area contributed by atoms with Crippen molar-refractivity contribution in [2.45, 2.75) is 5.16 Å². The third-order valence-electron chi connectivity index (χ3n) is 4.73. The molecule has 0 unspecified atom stereocenters. The molecular formula is C22H14ClN7OS. The zero-order valence-electron chi connectivity index (χ0n) is 16.4. The number of aromatic nitrogens is 5. The van der Waals surface area contributed by atoms with Gasteiger partial charge in [0.1, 0.15) is 5.52 Å². The minimum Gasteiger partial charge on any atom is -0.325 e. The number of nitrogens with one attached hydrogen (secondary N) is 1. The van der Waals surface area contributed by atoms with Gasteiger partial charge in [-0.15, -0.1) is 10.2 Å². The van der Waals surface area contributed by atoms with Crippen LogP contribution in [-0.2, 0) is 4.79 Å². The van der Waals surface area contributed by atoms with E-state index in [4.69, 9.17) is 16.9 Å². The highest BCUT2D eigenvalue weighted by molar-refractivity contribution is 7.99. The second-order valence-corrected chi connectivity index (χ2v) is 8.25. The largest absolute Gasteiger partial charge is 0.325 e. The first kappa shape index (κ1) is 20.1. The maximum atomic E-state index is 12.3. The van der Waals surface area contributed by atoms with Gasteiger partial charge < -0.3 is 5.32 Å². The standard InChI is InChI=1S/C22H14ClN7OS/c23-16-6-4-15(5-7-16)18-11-19-21-26-27-22(29(21)8-9-30(19)28-18)32-13-20(31)25-17-3-1-2-14(10-17)12-24/h1-11H,13H2,(H,25,31). The van der Waals surface area contributed by atoms with Crippen LogP contribution in [0.1, 0.15) is 5.56 Å². The van der Waals surface area contributed by atoms with Gasteiger partial charge in [0.15, 0.2) is 10.8 Å². The molecule has 0 aliphatic carbocycles. The molecular weight excluding hydrogens is 446 g/mol. The SMILES string of the molecule is N#Cc1cccc(NC(=O)CSc2nnc3c4cc(-c5ccc(Cl)cc5)nn4ccn23)c1. The molecule has 156 valence electrons. The molecule has 1 amide bonds. The number of anilines is 1. The molecule has 3 heterocycles. The van der Waals surface area contributed by atoms with Crippen LogP contribution in [0.15, 0.2) is 72.1 Å². The van der Waals surface area contributed by atoms with E-state index in [1.54, 1.807) is 28.8 Å². The van der Waals surface area contributed by atoms with Gasteiger partial charge in [-0.25, -0.2) is 4.52 Å². The van der Waals surface area contributed by atoms with Gasteiger partial charge in [0.2, 0.25) is 5.91 Å². The molecule has 0 saturated carbocycles. The number of hydrogen-bond donors (Lipinski definition) is 1. The summed E-state index contributed by atoms with van der Waals surface area (Å²) in [5, 5.41) is 26.2. The molecule has 0 aliphatic rings. The van der Waals surface area contributed by atoms with Gasteiger partial charge in [0.25, 0.3) is 0 Å². The molecule has 0 bridgehead atoms. The number of nitrogens with zero attached hydrogens (tertiary/aromatic N) is 6. The highest BCUT2D eigenvalue weighted by atomic mass is 35.5. The first-order valence-electron chi connectivity index (χ1n) is 9.52. The van der Waals surface area contributed by atoms with E-state index in [1.165, 1.54) is 11.8 Å². The normalized spacial score (nSPS) is 11.0. The zero-order chi connectivity index (χ0) is 22.1. The van der Waals surface area contributed by atoms with E-state index in [0.717, 1.165) is 16.8 Å². The van der Waals surface area contributed by atoms with Crippen LogP contribution < -0.4 is 5.32 Å². The van der Waals surface area contributed by atoms with Crippen LogP contribution in [-0.4, -0.2) is 35.9 Å². The van der Waals surface area contributed by atoms with Crippen molar-refractivity contribution in [3.8, 4) is 17.3 Å². The number of amides is 1. The van der Waals surface area contributed by atoms with Crippen molar-refractivity contribution >= 4 is 46.1 Å². The summed E-state index contributed by atoms with van der Waals surface area (Å²) >= 11 is 7.25.